The van der Waals surface area contributed by atoms with Crippen LogP contribution in [0.4, 0.5) is 5.82 Å². The van der Waals surface area contributed by atoms with Crippen LogP contribution in [-0.4, -0.2) is 46.5 Å². The lowest BCUT2D eigenvalue weighted by Crippen LogP contribution is -2.49. The number of anilines is 1. The molecule has 5 heteroatoms. The molecule has 4 rings (SSSR count). The summed E-state index contributed by atoms with van der Waals surface area (Å²) in [6.45, 7) is 3.05. The van der Waals surface area contributed by atoms with Crippen molar-refractivity contribution in [3.8, 4) is 5.69 Å². The highest BCUT2D eigenvalue weighted by Crippen LogP contribution is 2.16. The number of pyridine rings is 1. The van der Waals surface area contributed by atoms with Crippen LogP contribution in [0.15, 0.2) is 73.2 Å². The molecule has 1 fully saturated rings. The number of hydrogen-bond acceptors (Lipinski definition) is 3. The molecule has 5 nitrogen and oxygen atoms in total. The molecule has 126 valence electrons. The highest BCUT2D eigenvalue weighted by molar-refractivity contribution is 5.94. The average molecular weight is 332 g/mol. The molecule has 0 aliphatic carbocycles. The minimum atomic E-state index is 0.0970. The molecule has 1 aliphatic rings. The second-order valence-corrected chi connectivity index (χ2v) is 6.10. The molecule has 1 aromatic carbocycles. The summed E-state index contributed by atoms with van der Waals surface area (Å²) in [4.78, 5) is 21.3. The molecule has 0 atom stereocenters. The number of nitrogens with zero attached hydrogens (tertiary/aromatic N) is 4. The van der Waals surface area contributed by atoms with E-state index in [4.69, 9.17) is 0 Å². The van der Waals surface area contributed by atoms with Gasteiger partial charge in [-0.3, -0.25) is 4.79 Å². The summed E-state index contributed by atoms with van der Waals surface area (Å²) in [5.74, 6) is 1.07. The van der Waals surface area contributed by atoms with Gasteiger partial charge in [-0.25, -0.2) is 4.98 Å². The van der Waals surface area contributed by atoms with Gasteiger partial charge < -0.3 is 14.4 Å². The van der Waals surface area contributed by atoms with Crippen LogP contribution >= 0.6 is 0 Å². The van der Waals surface area contributed by atoms with Crippen LogP contribution in [0.5, 0.6) is 0 Å². The normalized spacial score (nSPS) is 14.6. The molecule has 3 aromatic rings. The van der Waals surface area contributed by atoms with Gasteiger partial charge in [-0.15, -0.1) is 0 Å². The van der Waals surface area contributed by atoms with Crippen LogP contribution in [0.3, 0.4) is 0 Å². The predicted octanol–water partition coefficient (Wildman–Crippen LogP) is 2.83. The first-order valence-corrected chi connectivity index (χ1v) is 8.50. The summed E-state index contributed by atoms with van der Waals surface area (Å²) in [7, 11) is 0. The molecule has 0 unspecified atom stereocenters. The van der Waals surface area contributed by atoms with Crippen LogP contribution in [0.25, 0.3) is 5.69 Å². The number of carbonyl (C=O) groups excluding carboxylic acids is 1. The van der Waals surface area contributed by atoms with Crippen LogP contribution in [0, 0.1) is 0 Å². The molecule has 1 amide bonds. The molecule has 1 saturated heterocycles. The fourth-order valence-corrected chi connectivity index (χ4v) is 3.14. The van der Waals surface area contributed by atoms with Gasteiger partial charge in [0.1, 0.15) is 5.82 Å². The van der Waals surface area contributed by atoms with Gasteiger partial charge >= 0.3 is 0 Å². The van der Waals surface area contributed by atoms with E-state index in [-0.39, 0.29) is 5.91 Å². The van der Waals surface area contributed by atoms with Gasteiger partial charge in [0, 0.05) is 56.0 Å². The van der Waals surface area contributed by atoms with Crippen molar-refractivity contribution in [3.63, 3.8) is 0 Å². The Morgan fingerprint density at radius 3 is 2.20 bits per heavy atom. The van der Waals surface area contributed by atoms with Crippen molar-refractivity contribution in [1.29, 1.82) is 0 Å². The molecule has 0 bridgehead atoms. The maximum Gasteiger partial charge on any atom is 0.253 e. The average Bonchev–Trinajstić information content (AvgIpc) is 3.23. The van der Waals surface area contributed by atoms with Crippen molar-refractivity contribution in [2.75, 3.05) is 31.1 Å². The topological polar surface area (TPSA) is 41.4 Å². The highest BCUT2D eigenvalue weighted by Gasteiger charge is 2.22. The Morgan fingerprint density at radius 2 is 1.56 bits per heavy atom. The zero-order chi connectivity index (χ0) is 17.1. The Hall–Kier alpha value is -3.08. The van der Waals surface area contributed by atoms with Gasteiger partial charge in [0.15, 0.2) is 0 Å². The molecule has 3 heterocycles. The van der Waals surface area contributed by atoms with E-state index < -0.39 is 0 Å². The van der Waals surface area contributed by atoms with Crippen molar-refractivity contribution >= 4 is 11.7 Å². The molecular formula is C20H20N4O. The predicted molar refractivity (Wildman–Crippen MR) is 98.1 cm³/mol. The van der Waals surface area contributed by atoms with E-state index in [1.807, 2.05) is 76.5 Å². The lowest BCUT2D eigenvalue weighted by Gasteiger charge is -2.35. The maximum atomic E-state index is 12.7. The fourth-order valence-electron chi connectivity index (χ4n) is 3.14. The minimum absolute atomic E-state index is 0.0970. The van der Waals surface area contributed by atoms with Crippen molar-refractivity contribution in [2.24, 2.45) is 0 Å². The first-order valence-electron chi connectivity index (χ1n) is 8.50. The second kappa shape index (κ2) is 6.81. The van der Waals surface area contributed by atoms with E-state index in [1.54, 1.807) is 6.20 Å². The smallest absolute Gasteiger partial charge is 0.253 e. The largest absolute Gasteiger partial charge is 0.353 e. The van der Waals surface area contributed by atoms with E-state index in [1.165, 1.54) is 0 Å². The van der Waals surface area contributed by atoms with Crippen molar-refractivity contribution in [3.05, 3.63) is 78.8 Å². The summed E-state index contributed by atoms with van der Waals surface area (Å²) >= 11 is 0. The monoisotopic (exact) mass is 332 g/mol. The maximum absolute atomic E-state index is 12.7. The van der Waals surface area contributed by atoms with Crippen molar-refractivity contribution in [2.45, 2.75) is 0 Å². The Bertz CT molecular complexity index is 820. The number of benzene rings is 1. The third-order valence-corrected chi connectivity index (χ3v) is 4.56. The number of carbonyl (C=O) groups is 1. The molecule has 0 radical (unpaired) electrons. The lowest BCUT2D eigenvalue weighted by molar-refractivity contribution is 0.0746. The fraction of sp³-hybridized carbons (Fsp3) is 0.200. The SMILES string of the molecule is O=C(c1ccc(-n2cccc2)cc1)N1CCN(c2ccccn2)CC1. The van der Waals surface area contributed by atoms with E-state index in [2.05, 4.69) is 9.88 Å². The van der Waals surface area contributed by atoms with Crippen LogP contribution in [0.2, 0.25) is 0 Å². The summed E-state index contributed by atoms with van der Waals surface area (Å²) in [6, 6.07) is 17.7. The number of rotatable bonds is 3. The second-order valence-electron chi connectivity index (χ2n) is 6.10. The van der Waals surface area contributed by atoms with Gasteiger partial charge in [-0.05, 0) is 48.5 Å². The van der Waals surface area contributed by atoms with Crippen molar-refractivity contribution in [1.82, 2.24) is 14.5 Å². The summed E-state index contributed by atoms with van der Waals surface area (Å²) in [5, 5.41) is 0. The minimum Gasteiger partial charge on any atom is -0.353 e. The zero-order valence-electron chi connectivity index (χ0n) is 14.0. The molecule has 2 aromatic heterocycles. The molecular weight excluding hydrogens is 312 g/mol. The summed E-state index contributed by atoms with van der Waals surface area (Å²) in [6.07, 6.45) is 5.79. The Balaban J connectivity index is 1.40. The molecule has 0 spiro atoms. The number of hydrogen-bond donors (Lipinski definition) is 0. The van der Waals surface area contributed by atoms with Gasteiger partial charge in [0.05, 0.1) is 0 Å². The Kier molecular flexibility index (Phi) is 4.21. The number of amides is 1. The number of aromatic nitrogens is 2. The number of piperazine rings is 1. The summed E-state index contributed by atoms with van der Waals surface area (Å²) in [5.41, 5.74) is 1.80. The molecule has 25 heavy (non-hydrogen) atoms. The van der Waals surface area contributed by atoms with E-state index >= 15 is 0 Å². The van der Waals surface area contributed by atoms with Crippen LogP contribution in [0.1, 0.15) is 10.4 Å². The molecule has 0 saturated carbocycles. The van der Waals surface area contributed by atoms with Gasteiger partial charge in [0.25, 0.3) is 5.91 Å². The lowest BCUT2D eigenvalue weighted by atomic mass is 10.1. The molecule has 0 N–H and O–H groups in total. The van der Waals surface area contributed by atoms with Gasteiger partial charge in [-0.2, -0.15) is 0 Å². The van der Waals surface area contributed by atoms with Gasteiger partial charge in [-0.1, -0.05) is 6.07 Å². The first kappa shape index (κ1) is 15.4. The standard InChI is InChI=1S/C20H20N4O/c25-20(17-6-8-18(9-7-17)22-11-3-4-12-22)24-15-13-23(14-16-24)19-5-1-2-10-21-19/h1-12H,13-16H2. The highest BCUT2D eigenvalue weighted by atomic mass is 16.2. The van der Waals surface area contributed by atoms with Gasteiger partial charge in [0.2, 0.25) is 0 Å². The van der Waals surface area contributed by atoms with Crippen LogP contribution < -0.4 is 4.90 Å². The Morgan fingerprint density at radius 1 is 0.840 bits per heavy atom. The van der Waals surface area contributed by atoms with E-state index in [0.717, 1.165) is 43.2 Å². The zero-order valence-corrected chi connectivity index (χ0v) is 14.0. The van der Waals surface area contributed by atoms with E-state index in [0.29, 0.717) is 0 Å². The molecule has 1 aliphatic heterocycles. The summed E-state index contributed by atoms with van der Waals surface area (Å²) < 4.78 is 2.03. The first-order chi connectivity index (χ1) is 12.3. The third kappa shape index (κ3) is 3.26. The third-order valence-electron chi connectivity index (χ3n) is 4.56. The Labute approximate surface area is 147 Å². The van der Waals surface area contributed by atoms with Crippen molar-refractivity contribution < 1.29 is 4.79 Å². The van der Waals surface area contributed by atoms with E-state index in [9.17, 15) is 4.79 Å². The quantitative estimate of drug-likeness (QED) is 0.741. The van der Waals surface area contributed by atoms with Crippen LogP contribution in [-0.2, 0) is 0 Å².